The van der Waals surface area contributed by atoms with E-state index in [-0.39, 0.29) is 6.07 Å². The first kappa shape index (κ1) is 15.8. The lowest BCUT2D eigenvalue weighted by Gasteiger charge is -2.09. The van der Waals surface area contributed by atoms with Crippen LogP contribution in [-0.4, -0.2) is 38.9 Å². The van der Waals surface area contributed by atoms with Gasteiger partial charge in [0.15, 0.2) is 0 Å². The monoisotopic (exact) mass is 333 g/mol. The van der Waals surface area contributed by atoms with Crippen LogP contribution in [0.2, 0.25) is 0 Å². The van der Waals surface area contributed by atoms with Crippen LogP contribution in [0.25, 0.3) is 0 Å². The zero-order valence-electron chi connectivity index (χ0n) is 8.75. The van der Waals surface area contributed by atoms with Gasteiger partial charge in [-0.25, -0.2) is 0 Å². The topological polar surface area (TPSA) is 189 Å². The van der Waals surface area contributed by atoms with Gasteiger partial charge >= 0.3 is 0 Å². The highest BCUT2D eigenvalue weighted by Gasteiger charge is 2.29. The number of hydrogen-bond acceptors (Lipinski definition) is 7. The summed E-state index contributed by atoms with van der Waals surface area (Å²) in [5.41, 5.74) is 4.13. The fourth-order valence-corrected chi connectivity index (χ4v) is 3.76. The molecule has 0 atom stereocenters. The van der Waals surface area contributed by atoms with Crippen LogP contribution in [0.3, 0.4) is 0 Å². The van der Waals surface area contributed by atoms with Crippen LogP contribution in [0.1, 0.15) is 0 Å². The van der Waals surface area contributed by atoms with Crippen LogP contribution in [0.5, 0.6) is 0 Å². The first-order chi connectivity index (χ1) is 8.24. The van der Waals surface area contributed by atoms with E-state index in [1.54, 1.807) is 0 Å². The zero-order valence-corrected chi connectivity index (χ0v) is 11.2. The number of hydrogen-bond donors (Lipinski definition) is 4. The molecule has 0 bridgehead atoms. The molecular formula is C6H7NO9S3. The molecule has 0 spiro atoms. The third-order valence-electron chi connectivity index (χ3n) is 1.89. The van der Waals surface area contributed by atoms with Crippen molar-refractivity contribution >= 4 is 36.0 Å². The van der Waals surface area contributed by atoms with E-state index in [0.717, 1.165) is 0 Å². The smallest absolute Gasteiger partial charge is 0.297 e. The van der Waals surface area contributed by atoms with Gasteiger partial charge in [-0.3, -0.25) is 13.7 Å². The van der Waals surface area contributed by atoms with Gasteiger partial charge in [0, 0.05) is 0 Å². The largest absolute Gasteiger partial charge is 0.398 e. The first-order valence-corrected chi connectivity index (χ1v) is 8.42. The van der Waals surface area contributed by atoms with Crippen LogP contribution in [-0.2, 0) is 30.4 Å². The Morgan fingerprint density at radius 2 is 1.26 bits per heavy atom. The Balaban J connectivity index is 4.01. The summed E-state index contributed by atoms with van der Waals surface area (Å²) in [6.45, 7) is 0. The second-order valence-corrected chi connectivity index (χ2v) is 7.43. The van der Waals surface area contributed by atoms with Gasteiger partial charge in [0.25, 0.3) is 30.4 Å². The fourth-order valence-electron chi connectivity index (χ4n) is 1.21. The molecule has 0 fully saturated rings. The number of nitrogens with two attached hydrogens (primary N) is 1. The lowest BCUT2D eigenvalue weighted by molar-refractivity contribution is 0.465. The molecular weight excluding hydrogens is 326 g/mol. The van der Waals surface area contributed by atoms with E-state index in [0.29, 0.717) is 6.07 Å². The Hall–Kier alpha value is -1.25. The molecule has 0 radical (unpaired) electrons. The Morgan fingerprint density at radius 1 is 0.789 bits per heavy atom. The molecule has 19 heavy (non-hydrogen) atoms. The molecule has 1 aromatic rings. The van der Waals surface area contributed by atoms with Crippen molar-refractivity contribution in [1.29, 1.82) is 0 Å². The van der Waals surface area contributed by atoms with Crippen LogP contribution < -0.4 is 5.73 Å². The second kappa shape index (κ2) is 4.39. The summed E-state index contributed by atoms with van der Waals surface area (Å²) < 4.78 is 91.9. The molecule has 13 heteroatoms. The number of nitrogen functional groups attached to an aromatic ring is 1. The molecule has 0 saturated carbocycles. The maximum atomic E-state index is 11.0. The van der Waals surface area contributed by atoms with Crippen LogP contribution in [0, 0.1) is 0 Å². The predicted octanol–water partition coefficient (Wildman–Crippen LogP) is -0.991. The van der Waals surface area contributed by atoms with E-state index in [1.165, 1.54) is 0 Å². The van der Waals surface area contributed by atoms with Gasteiger partial charge in [-0.1, -0.05) is 0 Å². The summed E-state index contributed by atoms with van der Waals surface area (Å²) in [5.74, 6) is 0. The molecule has 0 aliphatic rings. The lowest BCUT2D eigenvalue weighted by Crippen LogP contribution is -2.13. The summed E-state index contributed by atoms with van der Waals surface area (Å²) in [6, 6.07) is 0.553. The second-order valence-electron chi connectivity index (χ2n) is 3.26. The van der Waals surface area contributed by atoms with Crippen molar-refractivity contribution in [2.45, 2.75) is 14.7 Å². The number of rotatable bonds is 3. The molecule has 0 heterocycles. The quantitative estimate of drug-likeness (QED) is 0.394. The Kier molecular flexibility index (Phi) is 3.66. The van der Waals surface area contributed by atoms with Gasteiger partial charge in [-0.2, -0.15) is 25.3 Å². The minimum atomic E-state index is -5.22. The molecule has 0 amide bonds. The van der Waals surface area contributed by atoms with Crippen LogP contribution in [0.4, 0.5) is 5.69 Å². The van der Waals surface area contributed by atoms with Crippen molar-refractivity contribution < 1.29 is 38.9 Å². The van der Waals surface area contributed by atoms with Crippen molar-refractivity contribution in [1.82, 2.24) is 0 Å². The first-order valence-electron chi connectivity index (χ1n) is 4.10. The predicted molar refractivity (Wildman–Crippen MR) is 60.3 cm³/mol. The minimum Gasteiger partial charge on any atom is -0.398 e. The Bertz CT molecular complexity index is 834. The maximum absolute atomic E-state index is 11.0. The molecule has 0 aliphatic carbocycles. The lowest BCUT2D eigenvalue weighted by atomic mass is 10.3. The van der Waals surface area contributed by atoms with Crippen molar-refractivity contribution in [2.24, 2.45) is 0 Å². The zero-order chi connectivity index (χ0) is 15.2. The highest BCUT2D eigenvalue weighted by atomic mass is 32.2. The van der Waals surface area contributed by atoms with Gasteiger partial charge in [0.2, 0.25) is 0 Å². The van der Waals surface area contributed by atoms with Crippen LogP contribution >= 0.6 is 0 Å². The Morgan fingerprint density at radius 3 is 1.58 bits per heavy atom. The fraction of sp³-hybridized carbons (Fsp3) is 0. The van der Waals surface area contributed by atoms with Crippen molar-refractivity contribution in [3.05, 3.63) is 12.1 Å². The molecule has 1 rings (SSSR count). The Labute approximate surface area is 108 Å². The van der Waals surface area contributed by atoms with Crippen molar-refractivity contribution in [2.75, 3.05) is 5.73 Å². The van der Waals surface area contributed by atoms with Gasteiger partial charge in [0.05, 0.1) is 10.6 Å². The van der Waals surface area contributed by atoms with Crippen molar-refractivity contribution in [3.63, 3.8) is 0 Å². The molecule has 0 aromatic heterocycles. The van der Waals surface area contributed by atoms with Gasteiger partial charge in [-0.15, -0.1) is 0 Å². The molecule has 0 aliphatic heterocycles. The van der Waals surface area contributed by atoms with Gasteiger partial charge < -0.3 is 5.73 Å². The third kappa shape index (κ3) is 3.40. The third-order valence-corrected chi connectivity index (χ3v) is 4.70. The highest BCUT2D eigenvalue weighted by Crippen LogP contribution is 2.30. The summed E-state index contributed by atoms with van der Waals surface area (Å²) in [5, 5.41) is 0. The van der Waals surface area contributed by atoms with E-state index in [9.17, 15) is 25.3 Å². The van der Waals surface area contributed by atoms with Gasteiger partial charge in [-0.05, 0) is 12.1 Å². The average Bonchev–Trinajstić information content (AvgIpc) is 2.11. The minimum absolute atomic E-state index is 0.143. The maximum Gasteiger partial charge on any atom is 0.297 e. The molecule has 10 nitrogen and oxygen atoms in total. The molecule has 0 unspecified atom stereocenters. The van der Waals surface area contributed by atoms with E-state index >= 15 is 0 Å². The van der Waals surface area contributed by atoms with Crippen LogP contribution in [0.15, 0.2) is 26.8 Å². The number of benzene rings is 1. The molecule has 1 aromatic carbocycles. The van der Waals surface area contributed by atoms with Crippen molar-refractivity contribution in [3.8, 4) is 0 Å². The summed E-state index contributed by atoms with van der Waals surface area (Å²) in [4.78, 5) is -3.92. The molecule has 0 saturated heterocycles. The van der Waals surface area contributed by atoms with E-state index < -0.39 is 50.7 Å². The summed E-state index contributed by atoms with van der Waals surface area (Å²) >= 11 is 0. The van der Waals surface area contributed by atoms with E-state index in [1.807, 2.05) is 0 Å². The van der Waals surface area contributed by atoms with Gasteiger partial charge in [0.1, 0.15) is 9.79 Å². The SMILES string of the molecule is Nc1cc(S(=O)(=O)O)cc(S(=O)(=O)O)c1S(=O)(=O)O. The summed E-state index contributed by atoms with van der Waals surface area (Å²) in [7, 11) is -15.3. The van der Waals surface area contributed by atoms with E-state index in [4.69, 9.17) is 19.4 Å². The number of anilines is 1. The highest BCUT2D eigenvalue weighted by molar-refractivity contribution is 7.89. The normalized spacial score (nSPS) is 13.4. The standard InChI is InChI=1S/C6H7NO9S3/c7-4-1-3(17(8,9)10)2-5(18(11,12)13)6(4)19(14,15)16/h1-2H,7H2,(H,8,9,10)(H,11,12,13)(H,14,15,16). The molecule has 5 N–H and O–H groups in total. The summed E-state index contributed by atoms with van der Waals surface area (Å²) in [6.07, 6.45) is 0. The molecule has 108 valence electrons. The average molecular weight is 333 g/mol. The van der Waals surface area contributed by atoms with E-state index in [2.05, 4.69) is 0 Å².